The molecule has 7 heteroatoms. The molecule has 0 saturated carbocycles. The molecular formula is C23H17Cl2NO3S. The van der Waals surface area contributed by atoms with Crippen molar-refractivity contribution >= 4 is 46.4 Å². The fourth-order valence-corrected chi connectivity index (χ4v) is 5.03. The molecule has 0 bridgehead atoms. The van der Waals surface area contributed by atoms with Crippen molar-refractivity contribution in [2.45, 2.75) is 20.0 Å². The van der Waals surface area contributed by atoms with Gasteiger partial charge in [0.1, 0.15) is 18.2 Å². The maximum absolute atomic E-state index is 13.1. The lowest BCUT2D eigenvalue weighted by Crippen LogP contribution is -2.31. The topological polar surface area (TPSA) is 38.8 Å². The van der Waals surface area contributed by atoms with Gasteiger partial charge in [-0.1, -0.05) is 35.3 Å². The summed E-state index contributed by atoms with van der Waals surface area (Å²) in [6, 6.07) is 11.3. The zero-order valence-electron chi connectivity index (χ0n) is 16.1. The number of rotatable bonds is 3. The monoisotopic (exact) mass is 457 g/mol. The Labute approximate surface area is 188 Å². The molecule has 0 atom stereocenters. The number of hydrogen-bond acceptors (Lipinski definition) is 5. The largest absolute Gasteiger partial charge is 0.478 e. The van der Waals surface area contributed by atoms with Gasteiger partial charge in [0, 0.05) is 33.6 Å². The lowest BCUT2D eigenvalue weighted by Gasteiger charge is -2.29. The maximum Gasteiger partial charge on any atom is 0.232 e. The Morgan fingerprint density at radius 2 is 2.00 bits per heavy atom. The molecule has 30 heavy (non-hydrogen) atoms. The third-order valence-corrected chi connectivity index (χ3v) is 6.74. The van der Waals surface area contributed by atoms with E-state index >= 15 is 0 Å². The van der Waals surface area contributed by atoms with E-state index in [0.29, 0.717) is 40.2 Å². The number of ketones is 1. The van der Waals surface area contributed by atoms with Crippen LogP contribution in [0.25, 0.3) is 6.08 Å². The molecule has 0 amide bonds. The van der Waals surface area contributed by atoms with Crippen molar-refractivity contribution < 1.29 is 14.3 Å². The fourth-order valence-electron chi connectivity index (χ4n) is 3.78. The van der Waals surface area contributed by atoms with Crippen LogP contribution in [0.2, 0.25) is 10.0 Å². The van der Waals surface area contributed by atoms with Gasteiger partial charge < -0.3 is 9.47 Å². The summed E-state index contributed by atoms with van der Waals surface area (Å²) in [7, 11) is 0. The molecule has 5 rings (SSSR count). The summed E-state index contributed by atoms with van der Waals surface area (Å²) in [6.45, 7) is 3.82. The van der Waals surface area contributed by atoms with Crippen molar-refractivity contribution in [3.8, 4) is 11.5 Å². The molecule has 0 unspecified atom stereocenters. The van der Waals surface area contributed by atoms with E-state index in [9.17, 15) is 4.79 Å². The third-order valence-electron chi connectivity index (χ3n) is 5.22. The molecule has 2 aromatic carbocycles. The van der Waals surface area contributed by atoms with E-state index in [0.717, 1.165) is 23.4 Å². The summed E-state index contributed by atoms with van der Waals surface area (Å²) in [5.74, 6) is 1.38. The number of halogens is 2. The first-order valence-electron chi connectivity index (χ1n) is 9.43. The van der Waals surface area contributed by atoms with Crippen LogP contribution in [0.15, 0.2) is 47.5 Å². The quantitative estimate of drug-likeness (QED) is 0.430. The molecule has 4 nitrogen and oxygen atoms in total. The smallest absolute Gasteiger partial charge is 0.232 e. The average Bonchev–Trinajstić information content (AvgIpc) is 3.34. The van der Waals surface area contributed by atoms with Gasteiger partial charge in [-0.25, -0.2) is 0 Å². The highest BCUT2D eigenvalue weighted by Crippen LogP contribution is 2.44. The van der Waals surface area contributed by atoms with E-state index in [-0.39, 0.29) is 11.5 Å². The number of allylic oxidation sites excluding steroid dienone is 1. The van der Waals surface area contributed by atoms with Gasteiger partial charge in [-0.05, 0) is 48.2 Å². The first kappa shape index (κ1) is 19.6. The third kappa shape index (κ3) is 3.42. The minimum atomic E-state index is -0.170. The zero-order valence-corrected chi connectivity index (χ0v) is 18.4. The van der Waals surface area contributed by atoms with Crippen LogP contribution in [-0.4, -0.2) is 17.4 Å². The minimum Gasteiger partial charge on any atom is -0.478 e. The fraction of sp³-hybridized carbons (Fsp3) is 0.174. The van der Waals surface area contributed by atoms with Crippen LogP contribution in [0.4, 0.5) is 0 Å². The highest BCUT2D eigenvalue weighted by atomic mass is 35.5. The van der Waals surface area contributed by atoms with Gasteiger partial charge in [-0.15, -0.1) is 11.3 Å². The number of nitrogens with zero attached hydrogens (tertiary/aromatic N) is 1. The number of hydrogen-bond donors (Lipinski definition) is 0. The summed E-state index contributed by atoms with van der Waals surface area (Å²) in [6.07, 6.45) is 1.62. The second-order valence-electron chi connectivity index (χ2n) is 7.29. The maximum atomic E-state index is 13.1. The van der Waals surface area contributed by atoms with E-state index < -0.39 is 0 Å². The van der Waals surface area contributed by atoms with Gasteiger partial charge in [-0.2, -0.15) is 0 Å². The van der Waals surface area contributed by atoms with Crippen LogP contribution in [0.1, 0.15) is 31.9 Å². The lowest BCUT2D eigenvalue weighted by molar-refractivity contribution is 0.0881. The summed E-state index contributed by atoms with van der Waals surface area (Å²) < 4.78 is 12.1. The second kappa shape index (κ2) is 7.75. The van der Waals surface area contributed by atoms with Crippen LogP contribution in [0, 0.1) is 6.92 Å². The van der Waals surface area contributed by atoms with Gasteiger partial charge in [0.15, 0.2) is 5.76 Å². The van der Waals surface area contributed by atoms with E-state index in [1.165, 1.54) is 4.88 Å². The zero-order chi connectivity index (χ0) is 20.8. The van der Waals surface area contributed by atoms with Crippen molar-refractivity contribution in [2.75, 3.05) is 6.73 Å². The summed E-state index contributed by atoms with van der Waals surface area (Å²) >= 11 is 14.3. The van der Waals surface area contributed by atoms with Gasteiger partial charge in [-0.3, -0.25) is 9.69 Å². The summed E-state index contributed by atoms with van der Waals surface area (Å²) in [5.41, 5.74) is 2.86. The van der Waals surface area contributed by atoms with Gasteiger partial charge in [0.2, 0.25) is 5.78 Å². The molecule has 0 aliphatic carbocycles. The number of benzene rings is 2. The van der Waals surface area contributed by atoms with Crippen LogP contribution in [0.3, 0.4) is 0 Å². The van der Waals surface area contributed by atoms with E-state index in [1.807, 2.05) is 19.1 Å². The van der Waals surface area contributed by atoms with E-state index in [4.69, 9.17) is 32.7 Å². The molecule has 0 N–H and O–H groups in total. The Hall–Kier alpha value is -2.31. The second-order valence-corrected chi connectivity index (χ2v) is 9.14. The molecule has 0 radical (unpaired) electrons. The van der Waals surface area contributed by atoms with Gasteiger partial charge in [0.25, 0.3) is 0 Å². The van der Waals surface area contributed by atoms with Gasteiger partial charge in [0.05, 0.1) is 11.1 Å². The Morgan fingerprint density at radius 3 is 2.73 bits per heavy atom. The number of carbonyl (C=O) groups is 1. The molecule has 2 aliphatic rings. The SMILES string of the molecule is Cc1cc2c(c3c1C(=O)/C(=C/c1c(Cl)cccc1Cl)O3)CN(Cc1cccs1)CO2. The standard InChI is InChI=1S/C23H17Cl2NO3S/c1-13-8-19-16(11-26(12-28-19)10-14-4-3-7-30-14)23-21(13)22(27)20(29-23)9-15-17(24)5-2-6-18(15)25/h2-9H,10-12H2,1H3/b20-9-. The highest BCUT2D eigenvalue weighted by Gasteiger charge is 2.35. The predicted molar refractivity (Wildman–Crippen MR) is 120 cm³/mol. The van der Waals surface area contributed by atoms with Crippen LogP contribution < -0.4 is 9.47 Å². The van der Waals surface area contributed by atoms with E-state index in [1.54, 1.807) is 35.6 Å². The number of Topliss-reactive ketones (excluding diaryl/α,β-unsaturated/α-hetero) is 1. The molecule has 0 saturated heterocycles. The molecule has 152 valence electrons. The molecule has 1 aromatic heterocycles. The highest BCUT2D eigenvalue weighted by molar-refractivity contribution is 7.09. The normalized spacial score (nSPS) is 16.9. The van der Waals surface area contributed by atoms with Crippen molar-refractivity contribution in [1.82, 2.24) is 4.90 Å². The number of thiophene rings is 1. The number of carbonyl (C=O) groups excluding carboxylic acids is 1. The van der Waals surface area contributed by atoms with Crippen molar-refractivity contribution in [3.05, 3.63) is 84.7 Å². The Kier molecular flexibility index (Phi) is 5.07. The van der Waals surface area contributed by atoms with Crippen LogP contribution in [-0.2, 0) is 13.1 Å². The van der Waals surface area contributed by atoms with Gasteiger partial charge >= 0.3 is 0 Å². The predicted octanol–water partition coefficient (Wildman–Crippen LogP) is 6.33. The molecule has 2 aliphatic heterocycles. The average molecular weight is 458 g/mol. The summed E-state index contributed by atoms with van der Waals surface area (Å²) in [5, 5.41) is 2.99. The number of aryl methyl sites for hydroxylation is 1. The summed E-state index contributed by atoms with van der Waals surface area (Å²) in [4.78, 5) is 16.6. The Bertz CT molecular complexity index is 1170. The van der Waals surface area contributed by atoms with Crippen molar-refractivity contribution in [3.63, 3.8) is 0 Å². The Balaban J connectivity index is 1.51. The van der Waals surface area contributed by atoms with Crippen molar-refractivity contribution in [1.29, 1.82) is 0 Å². The molecule has 3 heterocycles. The molecular weight excluding hydrogens is 441 g/mol. The molecule has 3 aromatic rings. The minimum absolute atomic E-state index is 0.170. The number of ether oxygens (including phenoxy) is 2. The first-order chi connectivity index (χ1) is 14.5. The number of fused-ring (bicyclic) bond motifs is 3. The van der Waals surface area contributed by atoms with Crippen LogP contribution in [0.5, 0.6) is 11.5 Å². The first-order valence-corrected chi connectivity index (χ1v) is 11.1. The Morgan fingerprint density at radius 1 is 1.20 bits per heavy atom. The van der Waals surface area contributed by atoms with Crippen LogP contribution >= 0.6 is 34.5 Å². The lowest BCUT2D eigenvalue weighted by atomic mass is 9.98. The van der Waals surface area contributed by atoms with E-state index in [2.05, 4.69) is 16.3 Å². The molecule has 0 spiro atoms. The van der Waals surface area contributed by atoms with Crippen molar-refractivity contribution in [2.24, 2.45) is 0 Å². The molecule has 0 fully saturated rings.